The number of aromatic amines is 1. The zero-order chi connectivity index (χ0) is 13.3. The van der Waals surface area contributed by atoms with E-state index in [4.69, 9.17) is 14.6 Å². The zero-order valence-electron chi connectivity index (χ0n) is 9.81. The van der Waals surface area contributed by atoms with Gasteiger partial charge < -0.3 is 19.6 Å². The van der Waals surface area contributed by atoms with E-state index in [9.17, 15) is 9.59 Å². The first kappa shape index (κ1) is 12.0. The Kier molecular flexibility index (Phi) is 2.93. The number of hydrogen-bond acceptors (Lipinski definition) is 4. The molecule has 1 aromatic heterocycles. The Hall–Kier alpha value is -2.50. The van der Waals surface area contributed by atoms with Crippen molar-refractivity contribution in [1.29, 1.82) is 0 Å². The number of pyridine rings is 1. The summed E-state index contributed by atoms with van der Waals surface area (Å²) < 4.78 is 10.3. The van der Waals surface area contributed by atoms with Crippen molar-refractivity contribution in [2.45, 2.75) is 0 Å². The van der Waals surface area contributed by atoms with Crippen molar-refractivity contribution in [3.05, 3.63) is 34.1 Å². The van der Waals surface area contributed by atoms with Gasteiger partial charge in [-0.1, -0.05) is 0 Å². The third-order valence-electron chi connectivity index (χ3n) is 2.59. The molecule has 2 rings (SSSR count). The van der Waals surface area contributed by atoms with Gasteiger partial charge in [-0.25, -0.2) is 4.79 Å². The van der Waals surface area contributed by atoms with Gasteiger partial charge in [0.2, 0.25) is 0 Å². The van der Waals surface area contributed by atoms with E-state index < -0.39 is 11.5 Å². The number of carboxylic acids is 1. The van der Waals surface area contributed by atoms with Crippen LogP contribution >= 0.6 is 0 Å². The van der Waals surface area contributed by atoms with Gasteiger partial charge >= 0.3 is 5.97 Å². The average Bonchev–Trinajstić information content (AvgIpc) is 2.36. The Morgan fingerprint density at radius 1 is 1.28 bits per heavy atom. The molecule has 6 nitrogen and oxygen atoms in total. The van der Waals surface area contributed by atoms with Crippen LogP contribution in [-0.4, -0.2) is 30.3 Å². The van der Waals surface area contributed by atoms with E-state index in [0.717, 1.165) is 0 Å². The van der Waals surface area contributed by atoms with E-state index in [-0.39, 0.29) is 5.56 Å². The van der Waals surface area contributed by atoms with Gasteiger partial charge in [0.05, 0.1) is 19.7 Å². The molecule has 0 aliphatic heterocycles. The maximum absolute atomic E-state index is 11.6. The Bertz CT molecular complexity index is 674. The van der Waals surface area contributed by atoms with Crippen molar-refractivity contribution >= 4 is 16.9 Å². The first-order chi connectivity index (χ1) is 8.58. The van der Waals surface area contributed by atoms with Crippen LogP contribution in [0, 0.1) is 0 Å². The predicted octanol–water partition coefficient (Wildman–Crippen LogP) is 1.24. The molecule has 2 N–H and O–H groups in total. The Morgan fingerprint density at radius 3 is 2.56 bits per heavy atom. The van der Waals surface area contributed by atoms with Crippen LogP contribution in [0.25, 0.3) is 10.9 Å². The lowest BCUT2D eigenvalue weighted by molar-refractivity contribution is 0.0695. The van der Waals surface area contributed by atoms with Crippen molar-refractivity contribution in [3.63, 3.8) is 0 Å². The smallest absolute Gasteiger partial charge is 0.341 e. The number of ether oxygens (including phenoxy) is 2. The molecule has 2 aromatic rings. The van der Waals surface area contributed by atoms with Gasteiger partial charge in [-0.05, 0) is 18.2 Å². The van der Waals surface area contributed by atoms with Crippen molar-refractivity contribution in [3.8, 4) is 11.5 Å². The summed E-state index contributed by atoms with van der Waals surface area (Å²) in [6, 6.07) is 4.60. The molecule has 0 aliphatic rings. The second-order valence-corrected chi connectivity index (χ2v) is 3.58. The van der Waals surface area contributed by atoms with Crippen LogP contribution < -0.4 is 15.0 Å². The fourth-order valence-corrected chi connectivity index (χ4v) is 1.75. The number of carboxylic acid groups (broad SMARTS) is 1. The first-order valence-corrected chi connectivity index (χ1v) is 5.09. The van der Waals surface area contributed by atoms with E-state index in [0.29, 0.717) is 22.4 Å². The van der Waals surface area contributed by atoms with Crippen molar-refractivity contribution in [1.82, 2.24) is 4.98 Å². The highest BCUT2D eigenvalue weighted by Crippen LogP contribution is 2.33. The lowest BCUT2D eigenvalue weighted by Crippen LogP contribution is -2.17. The fraction of sp³-hybridized carbons (Fsp3) is 0.167. The third-order valence-corrected chi connectivity index (χ3v) is 2.59. The van der Waals surface area contributed by atoms with E-state index in [1.165, 1.54) is 20.3 Å². The molecular formula is C12H11NO5. The lowest BCUT2D eigenvalue weighted by atomic mass is 10.1. The van der Waals surface area contributed by atoms with Gasteiger partial charge in [0, 0.05) is 5.39 Å². The summed E-state index contributed by atoms with van der Waals surface area (Å²) in [5.41, 5.74) is -0.580. The van der Waals surface area contributed by atoms with Crippen molar-refractivity contribution in [2.24, 2.45) is 0 Å². The number of nitrogens with one attached hydrogen (secondary N) is 1. The minimum absolute atomic E-state index is 0.310. The molecule has 1 aromatic carbocycles. The van der Waals surface area contributed by atoms with Gasteiger partial charge in [0.15, 0.2) is 11.5 Å². The highest BCUT2D eigenvalue weighted by molar-refractivity contribution is 5.94. The summed E-state index contributed by atoms with van der Waals surface area (Å²) in [6.07, 6.45) is 0. The van der Waals surface area contributed by atoms with Crippen molar-refractivity contribution in [2.75, 3.05) is 14.2 Å². The van der Waals surface area contributed by atoms with Gasteiger partial charge in [-0.15, -0.1) is 0 Å². The Labute approximate surface area is 102 Å². The summed E-state index contributed by atoms with van der Waals surface area (Å²) in [5.74, 6) is -0.444. The minimum atomic E-state index is -1.27. The summed E-state index contributed by atoms with van der Waals surface area (Å²) in [5, 5.41) is 9.44. The SMILES string of the molecule is COc1ccc2cc(C(=O)O)c(=O)[nH]c2c1OC. The van der Waals surface area contributed by atoms with E-state index >= 15 is 0 Å². The van der Waals surface area contributed by atoms with Gasteiger partial charge in [-0.2, -0.15) is 0 Å². The maximum Gasteiger partial charge on any atom is 0.341 e. The molecule has 0 amide bonds. The largest absolute Gasteiger partial charge is 0.493 e. The molecule has 0 saturated carbocycles. The van der Waals surface area contributed by atoms with Crippen LogP contribution in [-0.2, 0) is 0 Å². The summed E-state index contributed by atoms with van der Waals surface area (Å²) >= 11 is 0. The quantitative estimate of drug-likeness (QED) is 0.854. The molecule has 0 bridgehead atoms. The molecule has 0 atom stereocenters. The molecule has 0 saturated heterocycles. The Balaban J connectivity index is 2.84. The number of carbonyl (C=O) groups is 1. The van der Waals surface area contributed by atoms with Gasteiger partial charge in [0.1, 0.15) is 5.56 Å². The molecule has 0 spiro atoms. The van der Waals surface area contributed by atoms with E-state index in [1.54, 1.807) is 12.1 Å². The third kappa shape index (κ3) is 1.77. The molecule has 18 heavy (non-hydrogen) atoms. The molecule has 0 radical (unpaired) electrons. The number of rotatable bonds is 3. The minimum Gasteiger partial charge on any atom is -0.493 e. The van der Waals surface area contributed by atoms with Gasteiger partial charge in [-0.3, -0.25) is 4.79 Å². The second-order valence-electron chi connectivity index (χ2n) is 3.58. The van der Waals surface area contributed by atoms with E-state index in [1.807, 2.05) is 0 Å². The number of aromatic nitrogens is 1. The lowest BCUT2D eigenvalue weighted by Gasteiger charge is -2.10. The molecule has 0 aliphatic carbocycles. The van der Waals surface area contributed by atoms with Crippen molar-refractivity contribution < 1.29 is 19.4 Å². The summed E-state index contributed by atoms with van der Waals surface area (Å²) in [6.45, 7) is 0. The maximum atomic E-state index is 11.6. The molecule has 1 heterocycles. The van der Waals surface area contributed by atoms with Crippen LogP contribution in [0.2, 0.25) is 0 Å². The summed E-state index contributed by atoms with van der Waals surface area (Å²) in [7, 11) is 2.92. The van der Waals surface area contributed by atoms with Crippen LogP contribution in [0.3, 0.4) is 0 Å². The topological polar surface area (TPSA) is 88.6 Å². The normalized spacial score (nSPS) is 10.3. The number of H-pyrrole nitrogens is 1. The average molecular weight is 249 g/mol. The first-order valence-electron chi connectivity index (χ1n) is 5.09. The van der Waals surface area contributed by atoms with Gasteiger partial charge in [0.25, 0.3) is 5.56 Å². The highest BCUT2D eigenvalue weighted by Gasteiger charge is 2.14. The Morgan fingerprint density at radius 2 is 2.00 bits per heavy atom. The number of fused-ring (bicyclic) bond motifs is 1. The number of methoxy groups -OCH3 is 2. The monoisotopic (exact) mass is 249 g/mol. The molecule has 0 fully saturated rings. The molecule has 6 heteroatoms. The standard InChI is InChI=1S/C12H11NO5/c1-17-8-4-3-6-5-7(12(15)16)11(14)13-9(6)10(8)18-2/h3-5H,1-2H3,(H,13,14)(H,15,16). The van der Waals surface area contributed by atoms with Crippen LogP contribution in [0.5, 0.6) is 11.5 Å². The van der Waals surface area contributed by atoms with Crippen LogP contribution in [0.15, 0.2) is 23.0 Å². The molecule has 94 valence electrons. The zero-order valence-corrected chi connectivity index (χ0v) is 9.81. The van der Waals surface area contributed by atoms with Crippen LogP contribution in [0.1, 0.15) is 10.4 Å². The fourth-order valence-electron chi connectivity index (χ4n) is 1.75. The number of benzene rings is 1. The number of aromatic carboxylic acids is 1. The van der Waals surface area contributed by atoms with E-state index in [2.05, 4.69) is 4.98 Å². The molecular weight excluding hydrogens is 238 g/mol. The highest BCUT2D eigenvalue weighted by atomic mass is 16.5. The van der Waals surface area contributed by atoms with Crippen LogP contribution in [0.4, 0.5) is 0 Å². The number of hydrogen-bond donors (Lipinski definition) is 2. The predicted molar refractivity (Wildman–Crippen MR) is 64.6 cm³/mol. The second kappa shape index (κ2) is 4.40. The molecule has 0 unspecified atom stereocenters. The summed E-state index contributed by atoms with van der Waals surface area (Å²) in [4.78, 5) is 25.0.